The maximum Gasteiger partial charge on any atom is 0.273 e. The van der Waals surface area contributed by atoms with Crippen molar-refractivity contribution < 1.29 is 13.6 Å². The van der Waals surface area contributed by atoms with Crippen molar-refractivity contribution in [3.8, 4) is 0 Å². The summed E-state index contributed by atoms with van der Waals surface area (Å²) in [7, 11) is 0. The minimum atomic E-state index is -0.454. The number of carbonyl (C=O) groups excluding carboxylic acids is 1. The molecule has 5 nitrogen and oxygen atoms in total. The van der Waals surface area contributed by atoms with Gasteiger partial charge in [0.15, 0.2) is 12.1 Å². The molecule has 0 aliphatic carbocycles. The second-order valence-corrected chi connectivity index (χ2v) is 3.41. The van der Waals surface area contributed by atoms with E-state index < -0.39 is 11.7 Å². The fourth-order valence-corrected chi connectivity index (χ4v) is 1.33. The van der Waals surface area contributed by atoms with Gasteiger partial charge < -0.3 is 9.73 Å². The molecule has 2 rings (SSSR count). The molecule has 0 bridgehead atoms. The highest BCUT2D eigenvalue weighted by Gasteiger charge is 2.13. The second-order valence-electron chi connectivity index (χ2n) is 3.41. The van der Waals surface area contributed by atoms with Gasteiger partial charge >= 0.3 is 0 Å². The van der Waals surface area contributed by atoms with Gasteiger partial charge in [-0.3, -0.25) is 9.78 Å². The maximum absolute atomic E-state index is 13.2. The largest absolute Gasteiger partial charge is 0.448 e. The Morgan fingerprint density at radius 2 is 2.41 bits per heavy atom. The van der Waals surface area contributed by atoms with Crippen molar-refractivity contribution in [2.45, 2.75) is 13.5 Å². The van der Waals surface area contributed by atoms with Gasteiger partial charge in [0.2, 0.25) is 0 Å². The molecule has 2 heterocycles. The molecule has 1 amide bonds. The number of carbonyl (C=O) groups is 1. The molecule has 0 atom stereocenters. The zero-order valence-electron chi connectivity index (χ0n) is 9.11. The fourth-order valence-electron chi connectivity index (χ4n) is 1.33. The Balaban J connectivity index is 2.02. The van der Waals surface area contributed by atoms with Crippen LogP contribution in [-0.4, -0.2) is 15.9 Å². The smallest absolute Gasteiger partial charge is 0.273 e. The highest BCUT2D eigenvalue weighted by atomic mass is 19.1. The summed E-state index contributed by atoms with van der Waals surface area (Å²) in [5.74, 6) is -0.421. The monoisotopic (exact) mass is 235 g/mol. The van der Waals surface area contributed by atoms with E-state index in [2.05, 4.69) is 15.3 Å². The molecule has 0 aromatic carbocycles. The summed E-state index contributed by atoms with van der Waals surface area (Å²) in [5, 5.41) is 2.55. The molecule has 0 saturated carbocycles. The molecule has 0 fully saturated rings. The Morgan fingerprint density at radius 1 is 1.59 bits per heavy atom. The van der Waals surface area contributed by atoms with E-state index >= 15 is 0 Å². The summed E-state index contributed by atoms with van der Waals surface area (Å²) in [4.78, 5) is 19.0. The lowest BCUT2D eigenvalue weighted by Gasteiger charge is -2.04. The third-order valence-electron chi connectivity index (χ3n) is 2.26. The number of hydrogen-bond donors (Lipinski definition) is 1. The zero-order chi connectivity index (χ0) is 12.3. The van der Waals surface area contributed by atoms with Crippen LogP contribution in [0.1, 0.15) is 21.8 Å². The molecule has 6 heteroatoms. The van der Waals surface area contributed by atoms with E-state index in [0.29, 0.717) is 11.3 Å². The highest BCUT2D eigenvalue weighted by Crippen LogP contribution is 2.06. The maximum atomic E-state index is 13.2. The van der Waals surface area contributed by atoms with Gasteiger partial charge in [-0.15, -0.1) is 0 Å². The molecule has 0 aliphatic rings. The Hall–Kier alpha value is -2.24. The van der Waals surface area contributed by atoms with Gasteiger partial charge in [-0.25, -0.2) is 9.37 Å². The summed E-state index contributed by atoms with van der Waals surface area (Å²) in [5.41, 5.74) is 0.578. The normalized spacial score (nSPS) is 10.2. The van der Waals surface area contributed by atoms with Crippen LogP contribution in [0, 0.1) is 12.7 Å². The van der Waals surface area contributed by atoms with Gasteiger partial charge in [0.1, 0.15) is 11.6 Å². The van der Waals surface area contributed by atoms with Gasteiger partial charge in [-0.2, -0.15) is 0 Å². The van der Waals surface area contributed by atoms with Crippen molar-refractivity contribution in [1.82, 2.24) is 15.3 Å². The Kier molecular flexibility index (Phi) is 3.13. The second kappa shape index (κ2) is 4.73. The van der Waals surface area contributed by atoms with E-state index in [1.807, 2.05) is 0 Å². The molecular formula is C11H10FN3O2. The number of pyridine rings is 1. The number of oxazole rings is 1. The van der Waals surface area contributed by atoms with Crippen molar-refractivity contribution in [3.63, 3.8) is 0 Å². The van der Waals surface area contributed by atoms with Crippen molar-refractivity contribution >= 4 is 5.91 Å². The lowest BCUT2D eigenvalue weighted by atomic mass is 10.2. The van der Waals surface area contributed by atoms with Crippen molar-refractivity contribution in [2.75, 3.05) is 0 Å². The van der Waals surface area contributed by atoms with Gasteiger partial charge in [0.05, 0.1) is 6.20 Å². The van der Waals surface area contributed by atoms with Crippen LogP contribution in [0.4, 0.5) is 4.39 Å². The van der Waals surface area contributed by atoms with Crippen LogP contribution >= 0.6 is 0 Å². The number of nitrogens with zero attached hydrogens (tertiary/aromatic N) is 2. The molecule has 88 valence electrons. The minimum absolute atomic E-state index is 0.0828. The van der Waals surface area contributed by atoms with Crippen LogP contribution < -0.4 is 5.32 Å². The van der Waals surface area contributed by atoms with Gasteiger partial charge in [-0.1, -0.05) is 0 Å². The Morgan fingerprint density at radius 3 is 3.06 bits per heavy atom. The molecule has 0 radical (unpaired) electrons. The molecule has 2 aromatic heterocycles. The zero-order valence-corrected chi connectivity index (χ0v) is 9.11. The average Bonchev–Trinajstić information content (AvgIpc) is 2.74. The first-order chi connectivity index (χ1) is 8.18. The number of amides is 1. The topological polar surface area (TPSA) is 68.0 Å². The third-order valence-corrected chi connectivity index (χ3v) is 2.26. The van der Waals surface area contributed by atoms with E-state index in [4.69, 9.17) is 4.42 Å². The van der Waals surface area contributed by atoms with Gasteiger partial charge in [0.25, 0.3) is 5.91 Å². The number of hydrogen-bond acceptors (Lipinski definition) is 4. The quantitative estimate of drug-likeness (QED) is 0.874. The molecule has 0 saturated heterocycles. The van der Waals surface area contributed by atoms with Crippen LogP contribution in [0.3, 0.4) is 0 Å². The molecule has 2 aromatic rings. The lowest BCUT2D eigenvalue weighted by Crippen LogP contribution is -2.24. The van der Waals surface area contributed by atoms with Crippen LogP contribution in [0.5, 0.6) is 0 Å². The van der Waals surface area contributed by atoms with E-state index in [-0.39, 0.29) is 12.2 Å². The predicted octanol–water partition coefficient (Wildman–Crippen LogP) is 1.45. The van der Waals surface area contributed by atoms with E-state index in [0.717, 1.165) is 6.20 Å². The van der Waals surface area contributed by atoms with Crippen LogP contribution in [0.15, 0.2) is 29.3 Å². The van der Waals surface area contributed by atoms with Gasteiger partial charge in [0, 0.05) is 18.3 Å². The van der Waals surface area contributed by atoms with Crippen molar-refractivity contribution in [1.29, 1.82) is 0 Å². The number of halogens is 1. The van der Waals surface area contributed by atoms with Crippen LogP contribution in [0.2, 0.25) is 0 Å². The molecule has 0 aliphatic heterocycles. The van der Waals surface area contributed by atoms with E-state index in [1.54, 1.807) is 6.92 Å². The number of nitrogens with one attached hydrogen (secondary N) is 1. The van der Waals surface area contributed by atoms with Crippen LogP contribution in [0.25, 0.3) is 0 Å². The summed E-state index contributed by atoms with van der Waals surface area (Å²) in [6.45, 7) is 1.72. The number of aromatic nitrogens is 2. The molecule has 0 unspecified atom stereocenters. The molecule has 0 spiro atoms. The van der Waals surface area contributed by atoms with Crippen molar-refractivity contribution in [3.05, 3.63) is 47.7 Å². The molecule has 17 heavy (non-hydrogen) atoms. The van der Waals surface area contributed by atoms with E-state index in [1.165, 1.54) is 18.7 Å². The predicted molar refractivity (Wildman–Crippen MR) is 56.6 cm³/mol. The summed E-state index contributed by atoms with van der Waals surface area (Å²) < 4.78 is 18.1. The summed E-state index contributed by atoms with van der Waals surface area (Å²) in [6, 6.07) is 1.51. The lowest BCUT2D eigenvalue weighted by molar-refractivity contribution is 0.0944. The Labute approximate surface area is 96.7 Å². The first-order valence-electron chi connectivity index (χ1n) is 4.95. The van der Waals surface area contributed by atoms with Crippen LogP contribution in [-0.2, 0) is 6.54 Å². The Bertz CT molecular complexity index is 539. The number of aryl methyl sites for hydroxylation is 1. The minimum Gasteiger partial charge on any atom is -0.448 e. The van der Waals surface area contributed by atoms with Gasteiger partial charge in [-0.05, 0) is 13.0 Å². The number of rotatable bonds is 3. The molecule has 1 N–H and O–H groups in total. The average molecular weight is 235 g/mol. The summed E-state index contributed by atoms with van der Waals surface area (Å²) >= 11 is 0. The first-order valence-corrected chi connectivity index (χ1v) is 4.95. The fraction of sp³-hybridized carbons (Fsp3) is 0.182. The highest BCUT2D eigenvalue weighted by molar-refractivity contribution is 5.92. The van der Waals surface area contributed by atoms with Crippen molar-refractivity contribution in [2.24, 2.45) is 0 Å². The molecular weight excluding hydrogens is 225 g/mol. The first kappa shape index (κ1) is 11.3. The van der Waals surface area contributed by atoms with E-state index in [9.17, 15) is 9.18 Å². The SMILES string of the molecule is Cc1ocnc1C(=O)NCc1ccncc1F. The summed E-state index contributed by atoms with van der Waals surface area (Å²) in [6.07, 6.45) is 3.76. The standard InChI is InChI=1S/C11H10FN3O2/c1-7-10(15-6-17-7)11(16)14-4-8-2-3-13-5-9(8)12/h2-3,5-6H,4H2,1H3,(H,14,16). The third kappa shape index (κ3) is 2.47.